The van der Waals surface area contributed by atoms with E-state index in [0.29, 0.717) is 11.1 Å². The summed E-state index contributed by atoms with van der Waals surface area (Å²) in [6.45, 7) is 0. The summed E-state index contributed by atoms with van der Waals surface area (Å²) in [7, 11) is 0. The van der Waals surface area contributed by atoms with E-state index < -0.39 is 5.97 Å². The van der Waals surface area contributed by atoms with E-state index in [1.807, 2.05) is 48.5 Å². The lowest BCUT2D eigenvalue weighted by Crippen LogP contribution is -2.05. The second-order valence-electron chi connectivity index (χ2n) is 5.55. The van der Waals surface area contributed by atoms with Gasteiger partial charge in [-0.05, 0) is 34.9 Å². The smallest absolute Gasteiger partial charge is 0.335 e. The second kappa shape index (κ2) is 6.92. The molecule has 0 aliphatic rings. The first-order chi connectivity index (χ1) is 11.6. The molecule has 1 N–H and O–H groups in total. The summed E-state index contributed by atoms with van der Waals surface area (Å²) in [4.78, 5) is 23.6. The van der Waals surface area contributed by atoms with Gasteiger partial charge in [0.05, 0.1) is 5.56 Å². The number of ketones is 1. The summed E-state index contributed by atoms with van der Waals surface area (Å²) in [5.41, 5.74) is 3.56. The van der Waals surface area contributed by atoms with E-state index in [1.54, 1.807) is 24.3 Å². The topological polar surface area (TPSA) is 54.4 Å². The van der Waals surface area contributed by atoms with Crippen molar-refractivity contribution in [3.05, 3.63) is 95.6 Å². The van der Waals surface area contributed by atoms with Gasteiger partial charge < -0.3 is 5.11 Å². The number of aromatic carboxylic acids is 1. The second-order valence-corrected chi connectivity index (χ2v) is 5.55. The molecule has 0 spiro atoms. The van der Waals surface area contributed by atoms with Crippen molar-refractivity contribution < 1.29 is 14.7 Å². The number of hydrogen-bond donors (Lipinski definition) is 1. The summed E-state index contributed by atoms with van der Waals surface area (Å²) in [5.74, 6) is -1.02. The normalized spacial score (nSPS) is 10.3. The van der Waals surface area contributed by atoms with Crippen molar-refractivity contribution in [3.8, 4) is 11.1 Å². The standard InChI is InChI=1S/C21H16O3/c22-20(13-15-6-4-11-19(12-15)21(23)24)18-10-5-9-17(14-18)16-7-2-1-3-8-16/h1-12,14H,13H2,(H,23,24). The minimum Gasteiger partial charge on any atom is -0.478 e. The highest BCUT2D eigenvalue weighted by atomic mass is 16.4. The van der Waals surface area contributed by atoms with Gasteiger partial charge in [0.15, 0.2) is 5.78 Å². The molecule has 3 nitrogen and oxygen atoms in total. The summed E-state index contributed by atoms with van der Waals surface area (Å²) in [6, 6.07) is 23.9. The molecule has 0 saturated heterocycles. The fourth-order valence-electron chi connectivity index (χ4n) is 2.60. The zero-order chi connectivity index (χ0) is 16.9. The first kappa shape index (κ1) is 15.7. The van der Waals surface area contributed by atoms with Gasteiger partial charge in [-0.3, -0.25) is 4.79 Å². The number of Topliss-reactive ketones (excluding diaryl/α,β-unsaturated/α-hetero) is 1. The Morgan fingerprint density at radius 2 is 1.38 bits per heavy atom. The molecule has 0 aliphatic carbocycles. The average molecular weight is 316 g/mol. The molecule has 0 aliphatic heterocycles. The van der Waals surface area contributed by atoms with Crippen molar-refractivity contribution in [3.63, 3.8) is 0 Å². The first-order valence-corrected chi connectivity index (χ1v) is 7.64. The third-order valence-corrected chi connectivity index (χ3v) is 3.83. The Morgan fingerprint density at radius 1 is 0.708 bits per heavy atom. The lowest BCUT2D eigenvalue weighted by molar-refractivity contribution is 0.0696. The predicted octanol–water partition coefficient (Wildman–Crippen LogP) is 4.48. The van der Waals surface area contributed by atoms with Crippen LogP contribution in [0.3, 0.4) is 0 Å². The first-order valence-electron chi connectivity index (χ1n) is 7.64. The van der Waals surface area contributed by atoms with Crippen molar-refractivity contribution >= 4 is 11.8 Å². The molecule has 24 heavy (non-hydrogen) atoms. The van der Waals surface area contributed by atoms with Crippen LogP contribution < -0.4 is 0 Å². The van der Waals surface area contributed by atoms with Crippen LogP contribution in [-0.2, 0) is 6.42 Å². The monoisotopic (exact) mass is 316 g/mol. The van der Waals surface area contributed by atoms with Crippen LogP contribution in [0, 0.1) is 0 Å². The van der Waals surface area contributed by atoms with Gasteiger partial charge in [0, 0.05) is 12.0 Å². The molecule has 3 aromatic carbocycles. The van der Waals surface area contributed by atoms with Crippen LogP contribution in [0.15, 0.2) is 78.9 Å². The van der Waals surface area contributed by atoms with E-state index in [2.05, 4.69) is 0 Å². The Kier molecular flexibility index (Phi) is 4.52. The summed E-state index contributed by atoms with van der Waals surface area (Å²) in [6.07, 6.45) is 0.180. The van der Waals surface area contributed by atoms with Gasteiger partial charge in [0.25, 0.3) is 0 Å². The average Bonchev–Trinajstić information content (AvgIpc) is 2.63. The van der Waals surface area contributed by atoms with Crippen LogP contribution in [0.1, 0.15) is 26.3 Å². The summed E-state index contributed by atoms with van der Waals surface area (Å²) in [5, 5.41) is 9.04. The van der Waals surface area contributed by atoms with E-state index in [0.717, 1.165) is 11.1 Å². The summed E-state index contributed by atoms with van der Waals surface area (Å²) < 4.78 is 0. The maximum Gasteiger partial charge on any atom is 0.335 e. The molecule has 3 rings (SSSR count). The summed E-state index contributed by atoms with van der Waals surface area (Å²) >= 11 is 0. The Balaban J connectivity index is 1.83. The quantitative estimate of drug-likeness (QED) is 0.706. The molecule has 0 saturated carbocycles. The molecule has 3 aromatic rings. The van der Waals surface area contributed by atoms with Gasteiger partial charge in [-0.2, -0.15) is 0 Å². The zero-order valence-electron chi connectivity index (χ0n) is 13.0. The highest BCUT2D eigenvalue weighted by molar-refractivity contribution is 5.99. The van der Waals surface area contributed by atoms with Crippen molar-refractivity contribution in [1.29, 1.82) is 0 Å². The van der Waals surface area contributed by atoms with E-state index in [-0.39, 0.29) is 17.8 Å². The minimum atomic E-state index is -0.990. The van der Waals surface area contributed by atoms with Crippen molar-refractivity contribution in [2.24, 2.45) is 0 Å². The SMILES string of the molecule is O=C(O)c1cccc(CC(=O)c2cccc(-c3ccccc3)c2)c1. The maximum atomic E-state index is 12.5. The number of carbonyl (C=O) groups is 2. The molecule has 118 valence electrons. The van der Waals surface area contributed by atoms with Crippen molar-refractivity contribution in [2.45, 2.75) is 6.42 Å². The third-order valence-electron chi connectivity index (χ3n) is 3.83. The van der Waals surface area contributed by atoms with Gasteiger partial charge in [0.1, 0.15) is 0 Å². The molecule has 0 fully saturated rings. The Labute approximate surface area is 140 Å². The molecule has 0 atom stereocenters. The lowest BCUT2D eigenvalue weighted by atomic mass is 9.98. The number of benzene rings is 3. The number of carboxylic acid groups (broad SMARTS) is 1. The molecule has 3 heteroatoms. The molecular formula is C21H16O3. The molecule has 0 amide bonds. The number of rotatable bonds is 5. The van der Waals surface area contributed by atoms with Gasteiger partial charge >= 0.3 is 5.97 Å². The minimum absolute atomic E-state index is 0.0321. The van der Waals surface area contributed by atoms with E-state index in [9.17, 15) is 9.59 Å². The van der Waals surface area contributed by atoms with Gasteiger partial charge in [0.2, 0.25) is 0 Å². The largest absolute Gasteiger partial charge is 0.478 e. The van der Waals surface area contributed by atoms with E-state index in [1.165, 1.54) is 6.07 Å². The molecule has 0 heterocycles. The van der Waals surface area contributed by atoms with Crippen LogP contribution in [0.4, 0.5) is 0 Å². The molecule has 0 radical (unpaired) electrons. The van der Waals surface area contributed by atoms with Crippen LogP contribution >= 0.6 is 0 Å². The number of carboxylic acids is 1. The predicted molar refractivity (Wildman–Crippen MR) is 93.3 cm³/mol. The molecule has 0 aromatic heterocycles. The highest BCUT2D eigenvalue weighted by Gasteiger charge is 2.10. The van der Waals surface area contributed by atoms with Crippen LogP contribution in [0.2, 0.25) is 0 Å². The fourth-order valence-corrected chi connectivity index (χ4v) is 2.60. The van der Waals surface area contributed by atoms with E-state index >= 15 is 0 Å². The van der Waals surface area contributed by atoms with Crippen LogP contribution in [0.5, 0.6) is 0 Å². The number of hydrogen-bond acceptors (Lipinski definition) is 2. The Hall–Kier alpha value is -3.20. The zero-order valence-corrected chi connectivity index (χ0v) is 13.0. The highest BCUT2D eigenvalue weighted by Crippen LogP contribution is 2.21. The molecule has 0 unspecified atom stereocenters. The van der Waals surface area contributed by atoms with E-state index in [4.69, 9.17) is 5.11 Å². The third kappa shape index (κ3) is 3.58. The molecule has 0 bridgehead atoms. The van der Waals surface area contributed by atoms with Gasteiger partial charge in [-0.1, -0.05) is 60.7 Å². The Morgan fingerprint density at radius 3 is 2.12 bits per heavy atom. The van der Waals surface area contributed by atoms with Crippen molar-refractivity contribution in [2.75, 3.05) is 0 Å². The van der Waals surface area contributed by atoms with Crippen molar-refractivity contribution in [1.82, 2.24) is 0 Å². The maximum absolute atomic E-state index is 12.5. The Bertz CT molecular complexity index is 882. The van der Waals surface area contributed by atoms with Gasteiger partial charge in [-0.25, -0.2) is 4.79 Å². The molecular weight excluding hydrogens is 300 g/mol. The van der Waals surface area contributed by atoms with Crippen LogP contribution in [0.25, 0.3) is 11.1 Å². The van der Waals surface area contributed by atoms with Gasteiger partial charge in [-0.15, -0.1) is 0 Å². The van der Waals surface area contributed by atoms with Crippen LogP contribution in [-0.4, -0.2) is 16.9 Å². The lowest BCUT2D eigenvalue weighted by Gasteiger charge is -2.06. The fraction of sp³-hybridized carbons (Fsp3) is 0.0476. The number of carbonyl (C=O) groups excluding carboxylic acids is 1.